The Kier molecular flexibility index (Phi) is 6.74. The van der Waals surface area contributed by atoms with Crippen LogP contribution in [0.1, 0.15) is 66.7 Å². The van der Waals surface area contributed by atoms with E-state index in [1.54, 1.807) is 0 Å². The molecule has 0 amide bonds. The van der Waals surface area contributed by atoms with Gasteiger partial charge in [0.1, 0.15) is 0 Å². The first kappa shape index (κ1) is 16.9. The maximum absolute atomic E-state index is 9.37. The summed E-state index contributed by atoms with van der Waals surface area (Å²) in [6.45, 7) is 11.7. The van der Waals surface area contributed by atoms with Gasteiger partial charge in [0.05, 0.1) is 12.0 Å². The molecule has 0 heterocycles. The van der Waals surface area contributed by atoms with Gasteiger partial charge in [0.2, 0.25) is 0 Å². The molecule has 1 rings (SSSR count). The molecule has 0 aliphatic heterocycles. The smallest absolute Gasteiger partial charge is 0.0667 e. The van der Waals surface area contributed by atoms with Crippen LogP contribution in [0.4, 0.5) is 0 Å². The van der Waals surface area contributed by atoms with Crippen molar-refractivity contribution in [3.8, 4) is 6.07 Å². The highest BCUT2D eigenvalue weighted by molar-refractivity contribution is 7.99. The maximum atomic E-state index is 9.37. The van der Waals surface area contributed by atoms with E-state index < -0.39 is 0 Å². The Morgan fingerprint density at radius 3 is 2.53 bits per heavy atom. The van der Waals surface area contributed by atoms with Gasteiger partial charge in [-0.1, -0.05) is 47.5 Å². The second-order valence-corrected chi connectivity index (χ2v) is 8.25. The first-order valence-electron chi connectivity index (χ1n) is 7.95. The molecular weight excluding hydrogens is 250 g/mol. The van der Waals surface area contributed by atoms with Gasteiger partial charge in [0, 0.05) is 5.25 Å². The third-order valence-corrected chi connectivity index (χ3v) is 6.98. The topological polar surface area (TPSA) is 23.8 Å². The van der Waals surface area contributed by atoms with Crippen LogP contribution in [0.3, 0.4) is 0 Å². The lowest BCUT2D eigenvalue weighted by Crippen LogP contribution is -2.34. The Morgan fingerprint density at radius 2 is 2.00 bits per heavy atom. The van der Waals surface area contributed by atoms with E-state index in [2.05, 4.69) is 52.4 Å². The summed E-state index contributed by atoms with van der Waals surface area (Å²) in [5.41, 5.74) is 0.440. The van der Waals surface area contributed by atoms with Gasteiger partial charge in [-0.05, 0) is 42.3 Å². The highest BCUT2D eigenvalue weighted by Gasteiger charge is 2.37. The monoisotopic (exact) mass is 281 g/mol. The molecule has 1 nitrogen and oxygen atoms in total. The minimum Gasteiger partial charge on any atom is -0.198 e. The Bertz CT molecular complexity index is 305. The molecule has 0 N–H and O–H groups in total. The molecule has 4 atom stereocenters. The van der Waals surface area contributed by atoms with E-state index >= 15 is 0 Å². The summed E-state index contributed by atoms with van der Waals surface area (Å²) in [6.07, 6.45) is 6.11. The summed E-state index contributed by atoms with van der Waals surface area (Å²) in [5, 5.41) is 9.94. The van der Waals surface area contributed by atoms with E-state index in [9.17, 15) is 5.26 Å². The van der Waals surface area contributed by atoms with E-state index in [0.29, 0.717) is 10.7 Å². The van der Waals surface area contributed by atoms with Gasteiger partial charge in [-0.3, -0.25) is 0 Å². The summed E-state index contributed by atoms with van der Waals surface area (Å²) >= 11 is 2.07. The van der Waals surface area contributed by atoms with Gasteiger partial charge in [-0.2, -0.15) is 17.0 Å². The molecule has 0 bridgehead atoms. The third-order valence-electron chi connectivity index (χ3n) is 5.27. The molecule has 1 aliphatic rings. The van der Waals surface area contributed by atoms with Crippen molar-refractivity contribution in [2.75, 3.05) is 5.75 Å². The van der Waals surface area contributed by atoms with Crippen LogP contribution in [-0.2, 0) is 0 Å². The summed E-state index contributed by atoms with van der Waals surface area (Å²) in [5.74, 6) is 3.09. The Balaban J connectivity index is 2.61. The van der Waals surface area contributed by atoms with Crippen molar-refractivity contribution < 1.29 is 0 Å². The molecule has 2 heteroatoms. The zero-order valence-electron chi connectivity index (χ0n) is 13.4. The predicted octanol–water partition coefficient (Wildman–Crippen LogP) is 5.51. The fourth-order valence-electron chi connectivity index (χ4n) is 2.87. The molecule has 0 saturated heterocycles. The van der Waals surface area contributed by atoms with Crippen molar-refractivity contribution >= 4 is 11.8 Å². The zero-order chi connectivity index (χ0) is 14.5. The predicted molar refractivity (Wildman–Crippen MR) is 86.2 cm³/mol. The maximum Gasteiger partial charge on any atom is 0.0667 e. The fourth-order valence-corrected chi connectivity index (χ4v) is 4.47. The number of nitriles is 1. The summed E-state index contributed by atoms with van der Waals surface area (Å²) in [7, 11) is 0. The normalized spacial score (nSPS) is 29.8. The molecule has 0 aromatic heterocycles. The Labute approximate surface area is 124 Å². The van der Waals surface area contributed by atoms with Crippen molar-refractivity contribution in [3.05, 3.63) is 0 Å². The molecular formula is C17H31NS. The van der Waals surface area contributed by atoms with Gasteiger partial charge in [-0.25, -0.2) is 0 Å². The molecule has 1 aliphatic carbocycles. The van der Waals surface area contributed by atoms with Crippen LogP contribution in [-0.4, -0.2) is 11.0 Å². The van der Waals surface area contributed by atoms with E-state index in [1.165, 1.54) is 31.4 Å². The van der Waals surface area contributed by atoms with E-state index in [1.807, 2.05) is 0 Å². The standard InChI is InChI=1S/C17H31NS/c1-6-13(3)12-19-16-10-15(17(4,5)7-2)9-8-14(16)11-18/h13-16H,6-10,12H2,1-5H3. The highest BCUT2D eigenvalue weighted by Crippen LogP contribution is 2.45. The molecule has 19 heavy (non-hydrogen) atoms. The molecule has 1 fully saturated rings. The van der Waals surface area contributed by atoms with Crippen molar-refractivity contribution in [1.82, 2.24) is 0 Å². The minimum absolute atomic E-state index is 0.290. The zero-order valence-corrected chi connectivity index (χ0v) is 14.2. The second-order valence-electron chi connectivity index (χ2n) is 6.97. The summed E-state index contributed by atoms with van der Waals surface area (Å²) in [6, 6.07) is 2.56. The Hall–Kier alpha value is -0.160. The average Bonchev–Trinajstić information content (AvgIpc) is 2.44. The van der Waals surface area contributed by atoms with E-state index in [4.69, 9.17) is 0 Å². The number of hydrogen-bond acceptors (Lipinski definition) is 2. The van der Waals surface area contributed by atoms with Crippen LogP contribution in [0.15, 0.2) is 0 Å². The molecule has 0 aromatic carbocycles. The van der Waals surface area contributed by atoms with Gasteiger partial charge in [0.25, 0.3) is 0 Å². The van der Waals surface area contributed by atoms with Gasteiger partial charge in [0.15, 0.2) is 0 Å². The Morgan fingerprint density at radius 1 is 1.32 bits per heavy atom. The molecule has 110 valence electrons. The van der Waals surface area contributed by atoms with Crippen molar-refractivity contribution in [1.29, 1.82) is 5.26 Å². The van der Waals surface area contributed by atoms with Crippen molar-refractivity contribution in [2.24, 2.45) is 23.2 Å². The van der Waals surface area contributed by atoms with Crippen LogP contribution in [0.25, 0.3) is 0 Å². The van der Waals surface area contributed by atoms with Gasteiger partial charge < -0.3 is 0 Å². The van der Waals surface area contributed by atoms with E-state index in [0.717, 1.165) is 18.3 Å². The fraction of sp³-hybridized carbons (Fsp3) is 0.941. The largest absolute Gasteiger partial charge is 0.198 e. The quantitative estimate of drug-likeness (QED) is 0.641. The van der Waals surface area contributed by atoms with Crippen LogP contribution < -0.4 is 0 Å². The SMILES string of the molecule is CCC(C)CSC1CC(C(C)(C)CC)CCC1C#N. The van der Waals surface area contributed by atoms with Crippen LogP contribution >= 0.6 is 11.8 Å². The molecule has 0 aromatic rings. The van der Waals surface area contributed by atoms with Crippen LogP contribution in [0.2, 0.25) is 0 Å². The number of rotatable bonds is 6. The van der Waals surface area contributed by atoms with Crippen LogP contribution in [0, 0.1) is 34.5 Å². The lowest BCUT2D eigenvalue weighted by atomic mass is 9.67. The third kappa shape index (κ3) is 4.71. The number of hydrogen-bond donors (Lipinski definition) is 0. The van der Waals surface area contributed by atoms with Gasteiger partial charge in [-0.15, -0.1) is 0 Å². The molecule has 0 spiro atoms. The molecule has 1 saturated carbocycles. The lowest BCUT2D eigenvalue weighted by molar-refractivity contribution is 0.144. The van der Waals surface area contributed by atoms with Crippen molar-refractivity contribution in [2.45, 2.75) is 72.0 Å². The second kappa shape index (κ2) is 7.58. The lowest BCUT2D eigenvalue weighted by Gasteiger charge is -2.41. The molecule has 0 radical (unpaired) electrons. The average molecular weight is 282 g/mol. The van der Waals surface area contributed by atoms with E-state index in [-0.39, 0.29) is 5.92 Å². The minimum atomic E-state index is 0.290. The molecule has 4 unspecified atom stereocenters. The number of nitrogens with zero attached hydrogens (tertiary/aromatic N) is 1. The number of thioether (sulfide) groups is 1. The first-order chi connectivity index (χ1) is 8.94. The van der Waals surface area contributed by atoms with Gasteiger partial charge >= 0.3 is 0 Å². The highest BCUT2D eigenvalue weighted by atomic mass is 32.2. The van der Waals surface area contributed by atoms with Crippen molar-refractivity contribution in [3.63, 3.8) is 0 Å². The summed E-state index contributed by atoms with van der Waals surface area (Å²) < 4.78 is 0. The van der Waals surface area contributed by atoms with Crippen LogP contribution in [0.5, 0.6) is 0 Å². The summed E-state index contributed by atoms with van der Waals surface area (Å²) in [4.78, 5) is 0. The first-order valence-corrected chi connectivity index (χ1v) is 9.00.